The summed E-state index contributed by atoms with van der Waals surface area (Å²) in [5.74, 6) is -0.720. The SMILES string of the molecule is Cc1cc(C)c(OCCCCOc2ccc(/C=C/c3ccc(F)c4c(CCCC(=O)O)cn(CC(=O)O)c34)cc2)c(C)c1. The van der Waals surface area contributed by atoms with Crippen molar-refractivity contribution in [2.24, 2.45) is 0 Å². The lowest BCUT2D eigenvalue weighted by atomic mass is 10.0. The summed E-state index contributed by atoms with van der Waals surface area (Å²) in [4.78, 5) is 22.5. The van der Waals surface area contributed by atoms with Crippen LogP contribution in [-0.4, -0.2) is 39.9 Å². The minimum absolute atomic E-state index is 0.0472. The van der Waals surface area contributed by atoms with Gasteiger partial charge < -0.3 is 24.3 Å². The minimum Gasteiger partial charge on any atom is -0.494 e. The number of unbranched alkanes of at least 4 members (excludes halogenated alkanes) is 1. The van der Waals surface area contributed by atoms with Crippen LogP contribution in [-0.2, 0) is 22.6 Å². The van der Waals surface area contributed by atoms with Crippen LogP contribution in [0.5, 0.6) is 11.5 Å². The third-order valence-electron chi connectivity index (χ3n) is 7.21. The molecule has 0 radical (unpaired) electrons. The highest BCUT2D eigenvalue weighted by molar-refractivity contribution is 5.94. The number of hydrogen-bond acceptors (Lipinski definition) is 4. The molecule has 0 unspecified atom stereocenters. The Kier molecular flexibility index (Phi) is 10.6. The number of fused-ring (bicyclic) bond motifs is 1. The van der Waals surface area contributed by atoms with E-state index in [-0.39, 0.29) is 13.0 Å². The number of aliphatic carboxylic acids is 2. The summed E-state index contributed by atoms with van der Waals surface area (Å²) in [6.45, 7) is 7.10. The van der Waals surface area contributed by atoms with Crippen LogP contribution in [0.2, 0.25) is 0 Å². The summed E-state index contributed by atoms with van der Waals surface area (Å²) >= 11 is 0. The van der Waals surface area contributed by atoms with Crippen molar-refractivity contribution in [2.75, 3.05) is 13.2 Å². The molecule has 0 aliphatic rings. The smallest absolute Gasteiger partial charge is 0.323 e. The summed E-state index contributed by atoms with van der Waals surface area (Å²) in [5.41, 5.74) is 6.17. The third-order valence-corrected chi connectivity index (χ3v) is 7.21. The Morgan fingerprint density at radius 2 is 1.53 bits per heavy atom. The molecule has 0 fully saturated rings. The molecule has 0 spiro atoms. The Balaban J connectivity index is 1.36. The second-order valence-corrected chi connectivity index (χ2v) is 10.8. The molecule has 1 aromatic heterocycles. The van der Waals surface area contributed by atoms with Gasteiger partial charge in [-0.05, 0) is 98.5 Å². The van der Waals surface area contributed by atoms with Gasteiger partial charge in [0.25, 0.3) is 0 Å². The van der Waals surface area contributed by atoms with Crippen molar-refractivity contribution < 1.29 is 33.7 Å². The van der Waals surface area contributed by atoms with Crippen LogP contribution in [0.3, 0.4) is 0 Å². The van der Waals surface area contributed by atoms with Gasteiger partial charge in [-0.25, -0.2) is 4.39 Å². The molecule has 2 N–H and O–H groups in total. The first kappa shape index (κ1) is 31.3. The number of carbonyl (C=O) groups is 2. The van der Waals surface area contributed by atoms with E-state index in [4.69, 9.17) is 14.6 Å². The van der Waals surface area contributed by atoms with E-state index in [0.717, 1.165) is 41.0 Å². The van der Waals surface area contributed by atoms with E-state index in [0.29, 0.717) is 48.1 Å². The van der Waals surface area contributed by atoms with Crippen LogP contribution in [0.1, 0.15) is 59.1 Å². The van der Waals surface area contributed by atoms with Gasteiger partial charge in [0.1, 0.15) is 23.9 Å². The zero-order chi connectivity index (χ0) is 30.9. The summed E-state index contributed by atoms with van der Waals surface area (Å²) in [6.07, 6.45) is 7.68. The number of aryl methyl sites for hydroxylation is 4. The maximum atomic E-state index is 14.9. The Hall–Kier alpha value is -4.59. The third kappa shape index (κ3) is 8.47. The molecule has 43 heavy (non-hydrogen) atoms. The van der Waals surface area contributed by atoms with Crippen LogP contribution in [0.4, 0.5) is 4.39 Å². The number of rotatable bonds is 15. The molecular weight excluding hydrogens is 549 g/mol. The molecule has 7 nitrogen and oxygen atoms in total. The molecule has 3 aromatic carbocycles. The van der Waals surface area contributed by atoms with E-state index in [1.165, 1.54) is 16.2 Å². The fourth-order valence-corrected chi connectivity index (χ4v) is 5.36. The molecule has 0 aliphatic carbocycles. The quantitative estimate of drug-likeness (QED) is 0.110. The average Bonchev–Trinajstić information content (AvgIpc) is 3.30. The van der Waals surface area contributed by atoms with Crippen molar-refractivity contribution in [1.29, 1.82) is 0 Å². The topological polar surface area (TPSA) is 98.0 Å². The Bertz CT molecular complexity index is 1600. The zero-order valence-electron chi connectivity index (χ0n) is 24.9. The molecule has 0 aliphatic heterocycles. The van der Waals surface area contributed by atoms with Gasteiger partial charge >= 0.3 is 11.9 Å². The fraction of sp³-hybridized carbons (Fsp3) is 0.314. The number of halogens is 1. The number of aromatic nitrogens is 1. The van der Waals surface area contributed by atoms with Crippen molar-refractivity contribution in [3.8, 4) is 11.5 Å². The molecule has 8 heteroatoms. The predicted molar refractivity (Wildman–Crippen MR) is 166 cm³/mol. The Morgan fingerprint density at radius 1 is 0.860 bits per heavy atom. The zero-order valence-corrected chi connectivity index (χ0v) is 24.9. The highest BCUT2D eigenvalue weighted by Crippen LogP contribution is 2.30. The van der Waals surface area contributed by atoms with E-state index in [9.17, 15) is 19.1 Å². The maximum Gasteiger partial charge on any atom is 0.323 e. The molecule has 0 saturated heterocycles. The van der Waals surface area contributed by atoms with Gasteiger partial charge in [0.15, 0.2) is 0 Å². The second-order valence-electron chi connectivity index (χ2n) is 10.8. The lowest BCUT2D eigenvalue weighted by Crippen LogP contribution is -2.08. The lowest BCUT2D eigenvalue weighted by molar-refractivity contribution is -0.138. The van der Waals surface area contributed by atoms with Gasteiger partial charge in [-0.1, -0.05) is 42.0 Å². The van der Waals surface area contributed by atoms with Crippen molar-refractivity contribution in [1.82, 2.24) is 4.57 Å². The van der Waals surface area contributed by atoms with Gasteiger partial charge in [-0.2, -0.15) is 0 Å². The number of nitrogens with zero attached hydrogens (tertiary/aromatic N) is 1. The Morgan fingerprint density at radius 3 is 2.19 bits per heavy atom. The molecule has 0 bridgehead atoms. The van der Waals surface area contributed by atoms with Crippen LogP contribution >= 0.6 is 0 Å². The van der Waals surface area contributed by atoms with Crippen LogP contribution < -0.4 is 9.47 Å². The van der Waals surface area contributed by atoms with Crippen LogP contribution in [0.25, 0.3) is 23.1 Å². The summed E-state index contributed by atoms with van der Waals surface area (Å²) < 4.78 is 28.4. The molecule has 226 valence electrons. The average molecular weight is 588 g/mol. The van der Waals surface area contributed by atoms with Crippen molar-refractivity contribution >= 4 is 35.0 Å². The highest BCUT2D eigenvalue weighted by atomic mass is 19.1. The summed E-state index contributed by atoms with van der Waals surface area (Å²) in [7, 11) is 0. The number of carboxylic acid groups (broad SMARTS) is 2. The fourth-order valence-electron chi connectivity index (χ4n) is 5.36. The molecule has 4 aromatic rings. The van der Waals surface area contributed by atoms with E-state index < -0.39 is 17.8 Å². The largest absolute Gasteiger partial charge is 0.494 e. The Labute approximate surface area is 251 Å². The van der Waals surface area contributed by atoms with Crippen LogP contribution in [0, 0.1) is 26.6 Å². The molecule has 0 atom stereocenters. The first-order valence-corrected chi connectivity index (χ1v) is 14.5. The van der Waals surface area contributed by atoms with E-state index in [1.54, 1.807) is 12.3 Å². The first-order valence-electron chi connectivity index (χ1n) is 14.5. The van der Waals surface area contributed by atoms with Crippen molar-refractivity contribution in [2.45, 2.75) is 59.4 Å². The van der Waals surface area contributed by atoms with Crippen molar-refractivity contribution in [3.63, 3.8) is 0 Å². The lowest BCUT2D eigenvalue weighted by Gasteiger charge is -2.13. The van der Waals surface area contributed by atoms with Gasteiger partial charge in [-0.15, -0.1) is 0 Å². The molecule has 0 saturated carbocycles. The monoisotopic (exact) mass is 587 g/mol. The van der Waals surface area contributed by atoms with Crippen LogP contribution in [0.15, 0.2) is 54.7 Å². The van der Waals surface area contributed by atoms with E-state index in [1.807, 2.05) is 36.4 Å². The van der Waals surface area contributed by atoms with Gasteiger partial charge in [0.2, 0.25) is 0 Å². The standard InChI is InChI=1S/C35H38FNO6/c1-23-19-24(2)35(25(3)20-23)43-18-5-4-17-42-29-14-10-26(11-15-29)9-12-27-13-16-30(36)33-28(7-6-8-31(38)39)21-37(34(27)33)22-32(40)41/h9-16,19-21H,4-8,17-18,22H2,1-3H3,(H,38,39)(H,40,41)/b12-9+. The molecule has 1 heterocycles. The maximum absolute atomic E-state index is 14.9. The van der Waals surface area contributed by atoms with Gasteiger partial charge in [0, 0.05) is 18.0 Å². The normalized spacial score (nSPS) is 11.3. The number of carboxylic acids is 2. The number of ether oxygens (including phenoxy) is 2. The number of hydrogen-bond donors (Lipinski definition) is 2. The van der Waals surface area contributed by atoms with E-state index >= 15 is 0 Å². The molecule has 4 rings (SSSR count). The summed E-state index contributed by atoms with van der Waals surface area (Å²) in [6, 6.07) is 14.9. The van der Waals surface area contributed by atoms with E-state index in [2.05, 4.69) is 32.9 Å². The van der Waals surface area contributed by atoms with Gasteiger partial charge in [0.05, 0.1) is 18.7 Å². The first-order chi connectivity index (χ1) is 20.6. The molecular formula is C35H38FNO6. The van der Waals surface area contributed by atoms with Crippen molar-refractivity contribution in [3.05, 3.63) is 93.9 Å². The highest BCUT2D eigenvalue weighted by Gasteiger charge is 2.17. The van der Waals surface area contributed by atoms with Gasteiger partial charge in [-0.3, -0.25) is 9.59 Å². The number of benzene rings is 3. The molecule has 0 amide bonds. The predicted octanol–water partition coefficient (Wildman–Crippen LogP) is 7.61. The second kappa shape index (κ2) is 14.5. The summed E-state index contributed by atoms with van der Waals surface area (Å²) in [5, 5.41) is 18.7. The minimum atomic E-state index is -1.05.